The maximum atomic E-state index is 12.0. The lowest BCUT2D eigenvalue weighted by molar-refractivity contribution is 0.0839. The highest BCUT2D eigenvalue weighted by Gasteiger charge is 2.17. The number of likely N-dealkylation sites (N-methyl/N-ethyl adjacent to an activating group) is 1. The van der Waals surface area contributed by atoms with E-state index in [4.69, 9.17) is 9.84 Å². The molecule has 0 aliphatic heterocycles. The number of ketones is 1. The van der Waals surface area contributed by atoms with Gasteiger partial charge in [-0.2, -0.15) is 0 Å². The third kappa shape index (κ3) is 3.72. The van der Waals surface area contributed by atoms with Crippen LogP contribution in [-0.4, -0.2) is 54.2 Å². The highest BCUT2D eigenvalue weighted by molar-refractivity contribution is 6.00. The SMILES string of the molecule is COCC(C)N(C)CC(=O)c1ccc(O)cc1O. The van der Waals surface area contributed by atoms with Crippen LogP contribution in [0.25, 0.3) is 0 Å². The van der Waals surface area contributed by atoms with Crippen LogP contribution in [0.3, 0.4) is 0 Å². The van der Waals surface area contributed by atoms with Crippen molar-refractivity contribution in [3.8, 4) is 11.5 Å². The number of hydrogen-bond acceptors (Lipinski definition) is 5. The second-order valence-electron chi connectivity index (χ2n) is 4.34. The first-order chi connectivity index (χ1) is 8.45. The third-order valence-electron chi connectivity index (χ3n) is 2.84. The Hall–Kier alpha value is -1.59. The van der Waals surface area contributed by atoms with Crippen LogP contribution < -0.4 is 0 Å². The van der Waals surface area contributed by atoms with Crippen molar-refractivity contribution in [2.24, 2.45) is 0 Å². The number of carbonyl (C=O) groups excluding carboxylic acids is 1. The van der Waals surface area contributed by atoms with Crippen LogP contribution in [0.1, 0.15) is 17.3 Å². The molecule has 1 aromatic rings. The van der Waals surface area contributed by atoms with Gasteiger partial charge in [-0.25, -0.2) is 0 Å². The van der Waals surface area contributed by atoms with Crippen molar-refractivity contribution in [2.75, 3.05) is 27.3 Å². The number of phenols is 2. The molecule has 0 radical (unpaired) electrons. The van der Waals surface area contributed by atoms with E-state index in [0.29, 0.717) is 6.61 Å². The molecule has 0 bridgehead atoms. The normalized spacial score (nSPS) is 12.7. The van der Waals surface area contributed by atoms with Gasteiger partial charge in [0.15, 0.2) is 5.78 Å². The summed E-state index contributed by atoms with van der Waals surface area (Å²) in [4.78, 5) is 13.8. The summed E-state index contributed by atoms with van der Waals surface area (Å²) in [5, 5.41) is 18.8. The van der Waals surface area contributed by atoms with E-state index in [1.807, 2.05) is 18.9 Å². The van der Waals surface area contributed by atoms with Gasteiger partial charge in [-0.1, -0.05) is 0 Å². The van der Waals surface area contributed by atoms with Crippen LogP contribution in [0.4, 0.5) is 0 Å². The number of benzene rings is 1. The minimum absolute atomic E-state index is 0.0647. The molecule has 0 heterocycles. The lowest BCUT2D eigenvalue weighted by Gasteiger charge is -2.23. The van der Waals surface area contributed by atoms with Crippen molar-refractivity contribution >= 4 is 5.78 Å². The van der Waals surface area contributed by atoms with Gasteiger partial charge < -0.3 is 14.9 Å². The Bertz CT molecular complexity index is 419. The lowest BCUT2D eigenvalue weighted by atomic mass is 10.1. The minimum Gasteiger partial charge on any atom is -0.508 e. The lowest BCUT2D eigenvalue weighted by Crippen LogP contribution is -2.36. The van der Waals surface area contributed by atoms with Gasteiger partial charge in [0.25, 0.3) is 0 Å². The molecular weight excluding hydrogens is 234 g/mol. The zero-order valence-corrected chi connectivity index (χ0v) is 10.9. The molecule has 0 aliphatic rings. The minimum atomic E-state index is -0.201. The Morgan fingerprint density at radius 3 is 2.67 bits per heavy atom. The summed E-state index contributed by atoms with van der Waals surface area (Å²) in [6.07, 6.45) is 0. The fraction of sp³-hybridized carbons (Fsp3) is 0.462. The van der Waals surface area contributed by atoms with Crippen molar-refractivity contribution in [1.29, 1.82) is 0 Å². The smallest absolute Gasteiger partial charge is 0.180 e. The van der Waals surface area contributed by atoms with Gasteiger partial charge >= 0.3 is 0 Å². The standard InChI is InChI=1S/C13H19NO4/c1-9(8-18-3)14(2)7-13(17)11-5-4-10(15)6-12(11)16/h4-6,9,15-16H,7-8H2,1-3H3. The summed E-state index contributed by atoms with van der Waals surface area (Å²) in [6, 6.07) is 4.07. The van der Waals surface area contributed by atoms with Crippen molar-refractivity contribution in [3.63, 3.8) is 0 Å². The molecule has 0 aromatic heterocycles. The van der Waals surface area contributed by atoms with Crippen LogP contribution >= 0.6 is 0 Å². The maximum Gasteiger partial charge on any atom is 0.180 e. The van der Waals surface area contributed by atoms with Gasteiger partial charge in [0, 0.05) is 19.2 Å². The summed E-state index contributed by atoms with van der Waals surface area (Å²) >= 11 is 0. The molecule has 1 atom stereocenters. The van der Waals surface area contributed by atoms with Crippen LogP contribution in [0.5, 0.6) is 11.5 Å². The first-order valence-corrected chi connectivity index (χ1v) is 5.70. The van der Waals surface area contributed by atoms with Gasteiger partial charge in [0.05, 0.1) is 18.7 Å². The summed E-state index contributed by atoms with van der Waals surface area (Å²) in [7, 11) is 3.43. The highest BCUT2D eigenvalue weighted by Crippen LogP contribution is 2.23. The van der Waals surface area contributed by atoms with Gasteiger partial charge in [0.2, 0.25) is 0 Å². The largest absolute Gasteiger partial charge is 0.508 e. The fourth-order valence-electron chi connectivity index (χ4n) is 1.59. The number of aromatic hydroxyl groups is 2. The van der Waals surface area contributed by atoms with Crippen molar-refractivity contribution in [2.45, 2.75) is 13.0 Å². The van der Waals surface area contributed by atoms with Crippen molar-refractivity contribution in [1.82, 2.24) is 4.90 Å². The predicted octanol–water partition coefficient (Wildman–Crippen LogP) is 1.25. The number of phenolic OH excluding ortho intramolecular Hbond substituents is 2. The van der Waals surface area contributed by atoms with E-state index < -0.39 is 0 Å². The average Bonchev–Trinajstić information content (AvgIpc) is 2.28. The molecule has 1 aromatic carbocycles. The van der Waals surface area contributed by atoms with Crippen LogP contribution in [-0.2, 0) is 4.74 Å². The summed E-state index contributed by atoms with van der Waals surface area (Å²) in [5.74, 6) is -0.462. The number of ether oxygens (including phenoxy) is 1. The van der Waals surface area contributed by atoms with E-state index in [2.05, 4.69) is 0 Å². The maximum absolute atomic E-state index is 12.0. The Balaban J connectivity index is 2.70. The van der Waals surface area contributed by atoms with Gasteiger partial charge in [-0.3, -0.25) is 9.69 Å². The zero-order chi connectivity index (χ0) is 13.7. The summed E-state index contributed by atoms with van der Waals surface area (Å²) in [5.41, 5.74) is 0.212. The molecule has 0 spiro atoms. The molecule has 1 unspecified atom stereocenters. The molecule has 5 heteroatoms. The molecule has 2 N–H and O–H groups in total. The summed E-state index contributed by atoms with van der Waals surface area (Å²) < 4.78 is 5.02. The number of rotatable bonds is 6. The monoisotopic (exact) mass is 253 g/mol. The van der Waals surface area contributed by atoms with Crippen LogP contribution in [0.2, 0.25) is 0 Å². The molecular formula is C13H19NO4. The Morgan fingerprint density at radius 1 is 1.44 bits per heavy atom. The number of Topliss-reactive ketones (excluding diaryl/α,β-unsaturated/α-hetero) is 1. The predicted molar refractivity (Wildman–Crippen MR) is 68.1 cm³/mol. The Labute approximate surface area is 107 Å². The number of hydrogen-bond donors (Lipinski definition) is 2. The highest BCUT2D eigenvalue weighted by atomic mass is 16.5. The zero-order valence-electron chi connectivity index (χ0n) is 10.9. The van der Waals surface area contributed by atoms with Crippen LogP contribution in [0.15, 0.2) is 18.2 Å². The topological polar surface area (TPSA) is 70.0 Å². The Kier molecular flexibility index (Phi) is 5.12. The second kappa shape index (κ2) is 6.37. The number of methoxy groups -OCH3 is 1. The van der Waals surface area contributed by atoms with Gasteiger partial charge in [-0.05, 0) is 26.1 Å². The van der Waals surface area contributed by atoms with E-state index in [1.165, 1.54) is 12.1 Å². The molecule has 100 valence electrons. The molecule has 0 saturated carbocycles. The molecule has 0 aliphatic carbocycles. The van der Waals surface area contributed by atoms with E-state index >= 15 is 0 Å². The van der Waals surface area contributed by atoms with Gasteiger partial charge in [0.1, 0.15) is 11.5 Å². The quantitative estimate of drug-likeness (QED) is 0.747. The first-order valence-electron chi connectivity index (χ1n) is 5.70. The van der Waals surface area contributed by atoms with E-state index in [1.54, 1.807) is 7.11 Å². The molecule has 0 fully saturated rings. The molecule has 0 amide bonds. The van der Waals surface area contributed by atoms with Crippen LogP contribution in [0, 0.1) is 0 Å². The number of carbonyl (C=O) groups is 1. The molecule has 1 rings (SSSR count). The first kappa shape index (κ1) is 14.5. The number of nitrogens with zero attached hydrogens (tertiary/aromatic N) is 1. The Morgan fingerprint density at radius 2 is 2.11 bits per heavy atom. The molecule has 18 heavy (non-hydrogen) atoms. The molecule has 5 nitrogen and oxygen atoms in total. The molecule has 0 saturated heterocycles. The average molecular weight is 253 g/mol. The van der Waals surface area contributed by atoms with Crippen molar-refractivity contribution in [3.05, 3.63) is 23.8 Å². The third-order valence-corrected chi connectivity index (χ3v) is 2.84. The van der Waals surface area contributed by atoms with E-state index in [0.717, 1.165) is 6.07 Å². The van der Waals surface area contributed by atoms with Gasteiger partial charge in [-0.15, -0.1) is 0 Å². The van der Waals surface area contributed by atoms with Crippen molar-refractivity contribution < 1.29 is 19.7 Å². The second-order valence-corrected chi connectivity index (χ2v) is 4.34. The van der Waals surface area contributed by atoms with E-state index in [-0.39, 0.29) is 35.4 Å². The fourth-order valence-corrected chi connectivity index (χ4v) is 1.59. The summed E-state index contributed by atoms with van der Waals surface area (Å²) in [6.45, 7) is 2.67. The van der Waals surface area contributed by atoms with E-state index in [9.17, 15) is 9.90 Å².